The van der Waals surface area contributed by atoms with Crippen molar-refractivity contribution in [2.75, 3.05) is 6.61 Å². The number of ether oxygens (including phenoxy) is 1. The lowest BCUT2D eigenvalue weighted by Gasteiger charge is -2.38. The van der Waals surface area contributed by atoms with Gasteiger partial charge in [0.05, 0.1) is 12.2 Å². The third-order valence-corrected chi connectivity index (χ3v) is 7.26. The highest BCUT2D eigenvalue weighted by Gasteiger charge is 2.30. The van der Waals surface area contributed by atoms with Gasteiger partial charge in [0.15, 0.2) is 0 Å². The molecule has 1 aromatic carbocycles. The summed E-state index contributed by atoms with van der Waals surface area (Å²) in [6, 6.07) is 8.24. The first-order chi connectivity index (χ1) is 13.2. The minimum Gasteiger partial charge on any atom is -0.462 e. The molecular weight excluding hydrogens is 332 g/mol. The molecule has 2 fully saturated rings. The highest BCUT2D eigenvalue weighted by atomic mass is 16.5. The number of benzene rings is 1. The number of unbranched alkanes of at least 4 members (excludes halogenated alkanes) is 1. The van der Waals surface area contributed by atoms with E-state index in [-0.39, 0.29) is 5.97 Å². The van der Waals surface area contributed by atoms with Gasteiger partial charge in [0, 0.05) is 0 Å². The van der Waals surface area contributed by atoms with Crippen LogP contribution in [0.3, 0.4) is 0 Å². The molecule has 27 heavy (non-hydrogen) atoms. The molecule has 0 aromatic heterocycles. The zero-order valence-corrected chi connectivity index (χ0v) is 17.4. The Labute approximate surface area is 166 Å². The maximum absolute atomic E-state index is 12.0. The van der Waals surface area contributed by atoms with Crippen LogP contribution in [0.1, 0.15) is 106 Å². The molecule has 0 saturated heterocycles. The molecule has 0 radical (unpaired) electrons. The van der Waals surface area contributed by atoms with Gasteiger partial charge >= 0.3 is 5.97 Å². The highest BCUT2D eigenvalue weighted by Crippen LogP contribution is 2.44. The van der Waals surface area contributed by atoms with Crippen molar-refractivity contribution in [3.8, 4) is 0 Å². The summed E-state index contributed by atoms with van der Waals surface area (Å²) in [7, 11) is 0. The van der Waals surface area contributed by atoms with Crippen molar-refractivity contribution in [1.82, 2.24) is 0 Å². The van der Waals surface area contributed by atoms with Crippen LogP contribution in [0.5, 0.6) is 0 Å². The van der Waals surface area contributed by atoms with Crippen LogP contribution in [0.4, 0.5) is 0 Å². The summed E-state index contributed by atoms with van der Waals surface area (Å²) in [6.07, 6.45) is 14.7. The summed E-state index contributed by atoms with van der Waals surface area (Å²) in [4.78, 5) is 12.0. The van der Waals surface area contributed by atoms with Crippen LogP contribution in [-0.2, 0) is 4.74 Å². The lowest BCUT2D eigenvalue weighted by atomic mass is 9.68. The molecule has 1 aromatic rings. The van der Waals surface area contributed by atoms with Crippen LogP contribution in [0.15, 0.2) is 24.3 Å². The van der Waals surface area contributed by atoms with Gasteiger partial charge in [-0.15, -0.1) is 0 Å². The van der Waals surface area contributed by atoms with E-state index >= 15 is 0 Å². The van der Waals surface area contributed by atoms with E-state index in [2.05, 4.69) is 26.0 Å². The average Bonchev–Trinajstić information content (AvgIpc) is 2.74. The molecular formula is C25H38O2. The van der Waals surface area contributed by atoms with E-state index in [1.54, 1.807) is 0 Å². The van der Waals surface area contributed by atoms with Gasteiger partial charge in [0.2, 0.25) is 0 Å². The largest absolute Gasteiger partial charge is 0.462 e. The average molecular weight is 371 g/mol. The molecule has 2 heteroatoms. The molecule has 2 saturated carbocycles. The molecule has 0 aliphatic heterocycles. The van der Waals surface area contributed by atoms with E-state index in [0.29, 0.717) is 18.1 Å². The molecule has 0 N–H and O–H groups in total. The lowest BCUT2D eigenvalue weighted by molar-refractivity contribution is 0.0499. The van der Waals surface area contributed by atoms with Crippen molar-refractivity contribution in [3.05, 3.63) is 35.4 Å². The second kappa shape index (κ2) is 10.3. The third-order valence-electron chi connectivity index (χ3n) is 7.26. The second-order valence-corrected chi connectivity index (χ2v) is 8.91. The quantitative estimate of drug-likeness (QED) is 0.377. The first kappa shape index (κ1) is 20.4. The summed E-state index contributed by atoms with van der Waals surface area (Å²) < 4.78 is 5.31. The van der Waals surface area contributed by atoms with E-state index in [9.17, 15) is 4.79 Å². The van der Waals surface area contributed by atoms with Gasteiger partial charge < -0.3 is 4.74 Å². The zero-order valence-electron chi connectivity index (χ0n) is 17.4. The van der Waals surface area contributed by atoms with Gasteiger partial charge in [-0.1, -0.05) is 51.7 Å². The zero-order chi connectivity index (χ0) is 19.1. The summed E-state index contributed by atoms with van der Waals surface area (Å²) in [5.41, 5.74) is 2.10. The molecule has 0 spiro atoms. The Morgan fingerprint density at radius 1 is 0.889 bits per heavy atom. The number of esters is 1. The minimum atomic E-state index is -0.179. The predicted octanol–water partition coefficient (Wildman–Crippen LogP) is 7.13. The molecule has 0 heterocycles. The topological polar surface area (TPSA) is 26.3 Å². The Hall–Kier alpha value is -1.31. The van der Waals surface area contributed by atoms with Crippen LogP contribution in [-0.4, -0.2) is 12.6 Å². The van der Waals surface area contributed by atoms with Crippen molar-refractivity contribution in [3.63, 3.8) is 0 Å². The normalized spacial score (nSPS) is 28.7. The second-order valence-electron chi connectivity index (χ2n) is 8.91. The van der Waals surface area contributed by atoms with Crippen molar-refractivity contribution in [2.24, 2.45) is 17.8 Å². The lowest BCUT2D eigenvalue weighted by Crippen LogP contribution is -2.25. The van der Waals surface area contributed by atoms with Crippen LogP contribution in [0, 0.1) is 17.8 Å². The number of carbonyl (C=O) groups is 1. The van der Waals surface area contributed by atoms with Gasteiger partial charge in [0.1, 0.15) is 0 Å². The fourth-order valence-electron chi connectivity index (χ4n) is 5.28. The van der Waals surface area contributed by atoms with E-state index < -0.39 is 0 Å². The van der Waals surface area contributed by atoms with Crippen molar-refractivity contribution < 1.29 is 9.53 Å². The van der Waals surface area contributed by atoms with E-state index in [1.165, 1.54) is 63.4 Å². The van der Waals surface area contributed by atoms with Gasteiger partial charge in [0.25, 0.3) is 0 Å². The van der Waals surface area contributed by atoms with Crippen LogP contribution in [0.2, 0.25) is 0 Å². The minimum absolute atomic E-state index is 0.179. The Morgan fingerprint density at radius 2 is 1.48 bits per heavy atom. The predicted molar refractivity (Wildman–Crippen MR) is 112 cm³/mol. The van der Waals surface area contributed by atoms with Crippen molar-refractivity contribution >= 4 is 5.97 Å². The first-order valence-electron chi connectivity index (χ1n) is 11.5. The standard InChI is InChI=1S/C25H38O2/c1-3-5-18-27-25(26)24-16-14-23(15-17-24)22-12-10-21(11-13-22)20-8-6-19(4-2)7-9-20/h14-17,19-22H,3-13,18H2,1-2H3/t19-,20-,21?,22?. The number of carbonyl (C=O) groups excluding carboxylic acids is 1. The van der Waals surface area contributed by atoms with Gasteiger partial charge in [-0.2, -0.15) is 0 Å². The molecule has 0 unspecified atom stereocenters. The van der Waals surface area contributed by atoms with Crippen molar-refractivity contribution in [1.29, 1.82) is 0 Å². The number of hydrogen-bond donors (Lipinski definition) is 0. The molecule has 2 aliphatic carbocycles. The molecule has 2 nitrogen and oxygen atoms in total. The summed E-state index contributed by atoms with van der Waals surface area (Å²) >= 11 is 0. The summed E-state index contributed by atoms with van der Waals surface area (Å²) in [5.74, 6) is 3.46. The molecule has 150 valence electrons. The fourth-order valence-corrected chi connectivity index (χ4v) is 5.28. The number of rotatable bonds is 7. The Morgan fingerprint density at radius 3 is 2.04 bits per heavy atom. The highest BCUT2D eigenvalue weighted by molar-refractivity contribution is 5.89. The van der Waals surface area contributed by atoms with Crippen LogP contribution < -0.4 is 0 Å². The van der Waals surface area contributed by atoms with Gasteiger partial charge in [-0.05, 0) is 86.3 Å². The van der Waals surface area contributed by atoms with Gasteiger partial charge in [-0.25, -0.2) is 4.79 Å². The Kier molecular flexibility index (Phi) is 7.79. The van der Waals surface area contributed by atoms with Crippen LogP contribution in [0.25, 0.3) is 0 Å². The van der Waals surface area contributed by atoms with Crippen molar-refractivity contribution in [2.45, 2.75) is 90.4 Å². The van der Waals surface area contributed by atoms with E-state index in [0.717, 1.165) is 30.6 Å². The summed E-state index contributed by atoms with van der Waals surface area (Å²) in [6.45, 7) is 4.99. The van der Waals surface area contributed by atoms with Crippen LogP contribution >= 0.6 is 0 Å². The molecule has 3 rings (SSSR count). The Balaban J connectivity index is 1.46. The fraction of sp³-hybridized carbons (Fsp3) is 0.720. The maximum Gasteiger partial charge on any atom is 0.338 e. The monoisotopic (exact) mass is 370 g/mol. The van der Waals surface area contributed by atoms with Gasteiger partial charge in [-0.3, -0.25) is 0 Å². The molecule has 2 aliphatic rings. The van der Waals surface area contributed by atoms with E-state index in [1.807, 2.05) is 12.1 Å². The molecule has 0 amide bonds. The smallest absolute Gasteiger partial charge is 0.338 e. The first-order valence-corrected chi connectivity index (χ1v) is 11.5. The molecule has 0 bridgehead atoms. The number of hydrogen-bond acceptors (Lipinski definition) is 2. The van der Waals surface area contributed by atoms with E-state index in [4.69, 9.17) is 4.74 Å². The molecule has 0 atom stereocenters. The SMILES string of the molecule is CCCCOC(=O)c1ccc(C2CCC([C@H]3CC[C@H](CC)CC3)CC2)cc1. The maximum atomic E-state index is 12.0. The summed E-state index contributed by atoms with van der Waals surface area (Å²) in [5, 5.41) is 0. The third kappa shape index (κ3) is 5.59. The Bertz CT molecular complexity index is 560.